The first-order valence-electron chi connectivity index (χ1n) is 12.9. The van der Waals surface area contributed by atoms with Gasteiger partial charge in [0.25, 0.3) is 0 Å². The molecule has 1 aromatic heterocycles. The number of hydrogen-bond donors (Lipinski definition) is 0. The molecule has 2 atom stereocenters. The number of rotatable bonds is 6. The third-order valence-electron chi connectivity index (χ3n) is 7.44. The third-order valence-corrected chi connectivity index (χ3v) is 7.44. The number of aromatic nitrogens is 1. The second kappa shape index (κ2) is 10.5. The summed E-state index contributed by atoms with van der Waals surface area (Å²) in [6, 6.07) is 9.71. The molecule has 0 unspecified atom stereocenters. The zero-order valence-corrected chi connectivity index (χ0v) is 22.4. The van der Waals surface area contributed by atoms with Gasteiger partial charge in [0.1, 0.15) is 17.7 Å². The standard InChI is InChI=1S/C29H27F6N3O3/c1-16-5-7-24(40-3)22(11-16)21-6-8-25(37-9-4-10-37)36-23(21)15-38-17(2)26(41-27(38)39)18-12-19(28(30,31)32)14-20(13-18)29(33,34)35/h5-8,11-14,17,26H,4,9-10,15H2,1-3H3/t17-,26-/m0/s1. The minimum Gasteiger partial charge on any atom is -0.496 e. The van der Waals surface area contributed by atoms with Gasteiger partial charge in [-0.1, -0.05) is 11.6 Å². The van der Waals surface area contributed by atoms with E-state index in [2.05, 4.69) is 4.90 Å². The predicted molar refractivity (Wildman–Crippen MR) is 138 cm³/mol. The number of benzene rings is 2. The van der Waals surface area contributed by atoms with Gasteiger partial charge in [-0.05, 0) is 68.3 Å². The normalized spacial score (nSPS) is 19.3. The molecule has 0 spiro atoms. The van der Waals surface area contributed by atoms with E-state index >= 15 is 0 Å². The van der Waals surface area contributed by atoms with Gasteiger partial charge in [-0.15, -0.1) is 0 Å². The van der Waals surface area contributed by atoms with Gasteiger partial charge in [0.2, 0.25) is 0 Å². The number of anilines is 1. The number of carbonyl (C=O) groups is 1. The lowest BCUT2D eigenvalue weighted by Crippen LogP contribution is -2.38. The summed E-state index contributed by atoms with van der Waals surface area (Å²) >= 11 is 0. The molecule has 218 valence electrons. The number of methoxy groups -OCH3 is 1. The number of hydrogen-bond acceptors (Lipinski definition) is 5. The highest BCUT2D eigenvalue weighted by Gasteiger charge is 2.43. The molecule has 6 nitrogen and oxygen atoms in total. The Morgan fingerprint density at radius 2 is 1.61 bits per heavy atom. The monoisotopic (exact) mass is 579 g/mol. The summed E-state index contributed by atoms with van der Waals surface area (Å²) in [6.45, 7) is 4.99. The van der Waals surface area contributed by atoms with Gasteiger partial charge in [0.05, 0.1) is 36.5 Å². The molecule has 0 aliphatic carbocycles. The maximum absolute atomic E-state index is 13.5. The number of nitrogens with zero attached hydrogens (tertiary/aromatic N) is 3. The average molecular weight is 580 g/mol. The molecule has 12 heteroatoms. The van der Waals surface area contributed by atoms with Crippen LogP contribution in [-0.4, -0.2) is 42.2 Å². The van der Waals surface area contributed by atoms with Gasteiger partial charge in [0.15, 0.2) is 0 Å². The Hall–Kier alpha value is -3.96. The van der Waals surface area contributed by atoms with Crippen molar-refractivity contribution in [3.63, 3.8) is 0 Å². The Kier molecular flexibility index (Phi) is 7.29. The second-order valence-corrected chi connectivity index (χ2v) is 10.2. The van der Waals surface area contributed by atoms with E-state index in [9.17, 15) is 31.1 Å². The number of amides is 1. The highest BCUT2D eigenvalue weighted by Crippen LogP contribution is 2.42. The van der Waals surface area contributed by atoms with Gasteiger partial charge in [-0.25, -0.2) is 9.78 Å². The second-order valence-electron chi connectivity index (χ2n) is 10.2. The number of pyridine rings is 1. The summed E-state index contributed by atoms with van der Waals surface area (Å²) in [4.78, 5) is 21.2. The molecule has 2 aliphatic rings. The van der Waals surface area contributed by atoms with Gasteiger partial charge >= 0.3 is 18.4 Å². The first-order valence-corrected chi connectivity index (χ1v) is 12.9. The Labute approximate surface area is 232 Å². The Morgan fingerprint density at radius 3 is 2.17 bits per heavy atom. The SMILES string of the molecule is COc1ccc(C)cc1-c1ccc(N2CCC2)nc1CN1C(=O)O[C@H](c2cc(C(F)(F)F)cc(C(F)(F)F)c2)[C@@H]1C. The fraction of sp³-hybridized carbons (Fsp3) is 0.379. The molecule has 2 saturated heterocycles. The van der Waals surface area contributed by atoms with Gasteiger partial charge in [-0.2, -0.15) is 26.3 Å². The lowest BCUT2D eigenvalue weighted by molar-refractivity contribution is -0.143. The average Bonchev–Trinajstić information content (AvgIpc) is 3.15. The largest absolute Gasteiger partial charge is 0.496 e. The highest BCUT2D eigenvalue weighted by molar-refractivity contribution is 5.76. The van der Waals surface area contributed by atoms with Crippen molar-refractivity contribution in [3.8, 4) is 16.9 Å². The van der Waals surface area contributed by atoms with Gasteiger partial charge < -0.3 is 14.4 Å². The fourth-order valence-electron chi connectivity index (χ4n) is 5.07. The maximum atomic E-state index is 13.5. The molecule has 1 amide bonds. The summed E-state index contributed by atoms with van der Waals surface area (Å²) in [5.41, 5.74) is -0.478. The number of cyclic esters (lactones) is 1. The summed E-state index contributed by atoms with van der Waals surface area (Å²) in [5, 5.41) is 0. The number of carbonyl (C=O) groups excluding carboxylic acids is 1. The van der Waals surface area contributed by atoms with Crippen molar-refractivity contribution in [2.75, 3.05) is 25.1 Å². The van der Waals surface area contributed by atoms with E-state index in [1.807, 2.05) is 37.3 Å². The van der Waals surface area contributed by atoms with E-state index in [0.29, 0.717) is 35.0 Å². The minimum absolute atomic E-state index is 0.0510. The molecule has 5 rings (SSSR count). The van der Waals surface area contributed by atoms with Crippen LogP contribution in [0.15, 0.2) is 48.5 Å². The first-order chi connectivity index (χ1) is 19.3. The van der Waals surface area contributed by atoms with Gasteiger partial charge in [0, 0.05) is 24.2 Å². The molecular weight excluding hydrogens is 552 g/mol. The highest BCUT2D eigenvalue weighted by atomic mass is 19.4. The van der Waals surface area contributed by atoms with E-state index in [-0.39, 0.29) is 12.6 Å². The molecule has 2 fully saturated rings. The smallest absolute Gasteiger partial charge is 0.416 e. The fourth-order valence-corrected chi connectivity index (χ4v) is 5.07. The van der Waals surface area contributed by atoms with Crippen LogP contribution in [0.25, 0.3) is 11.1 Å². The van der Waals surface area contributed by atoms with Crippen LogP contribution in [0.2, 0.25) is 0 Å². The summed E-state index contributed by atoms with van der Waals surface area (Å²) < 4.78 is 91.9. The number of ether oxygens (including phenoxy) is 2. The Bertz CT molecular complexity index is 1440. The maximum Gasteiger partial charge on any atom is 0.416 e. The van der Waals surface area contributed by atoms with Crippen LogP contribution in [-0.2, 0) is 23.6 Å². The molecule has 0 radical (unpaired) electrons. The van der Waals surface area contributed by atoms with Crippen LogP contribution in [0, 0.1) is 6.92 Å². The van der Waals surface area contributed by atoms with Crippen molar-refractivity contribution < 1.29 is 40.6 Å². The molecule has 3 heterocycles. The van der Waals surface area contributed by atoms with Gasteiger partial charge in [-0.3, -0.25) is 4.90 Å². The van der Waals surface area contributed by atoms with Crippen molar-refractivity contribution in [3.05, 3.63) is 76.5 Å². The molecular formula is C29H27F6N3O3. The van der Waals surface area contributed by atoms with Crippen molar-refractivity contribution in [1.82, 2.24) is 9.88 Å². The van der Waals surface area contributed by atoms with Crippen LogP contribution in [0.5, 0.6) is 5.75 Å². The van der Waals surface area contributed by atoms with Crippen molar-refractivity contribution in [2.45, 2.75) is 51.3 Å². The number of alkyl halides is 6. The van der Waals surface area contributed by atoms with E-state index < -0.39 is 47.3 Å². The summed E-state index contributed by atoms with van der Waals surface area (Å²) in [7, 11) is 1.53. The van der Waals surface area contributed by atoms with E-state index in [0.717, 1.165) is 30.6 Å². The van der Waals surface area contributed by atoms with Crippen LogP contribution in [0.3, 0.4) is 0 Å². The van der Waals surface area contributed by atoms with E-state index in [1.165, 1.54) is 18.9 Å². The van der Waals surface area contributed by atoms with Crippen LogP contribution in [0.1, 0.15) is 47.4 Å². The Morgan fingerprint density at radius 1 is 0.951 bits per heavy atom. The Balaban J connectivity index is 1.53. The zero-order chi connectivity index (χ0) is 29.7. The van der Waals surface area contributed by atoms with Crippen molar-refractivity contribution >= 4 is 11.9 Å². The topological polar surface area (TPSA) is 54.9 Å². The predicted octanol–water partition coefficient (Wildman–Crippen LogP) is 7.40. The van der Waals surface area contributed by atoms with Crippen LogP contribution >= 0.6 is 0 Å². The quantitative estimate of drug-likeness (QED) is 0.285. The minimum atomic E-state index is -5.02. The molecule has 2 aromatic carbocycles. The van der Waals surface area contributed by atoms with Crippen LogP contribution in [0.4, 0.5) is 37.0 Å². The van der Waals surface area contributed by atoms with Crippen LogP contribution < -0.4 is 9.64 Å². The van der Waals surface area contributed by atoms with E-state index in [4.69, 9.17) is 14.5 Å². The first kappa shape index (κ1) is 28.6. The molecule has 41 heavy (non-hydrogen) atoms. The molecule has 2 aliphatic heterocycles. The summed E-state index contributed by atoms with van der Waals surface area (Å²) in [5.74, 6) is 1.28. The molecule has 0 saturated carbocycles. The lowest BCUT2D eigenvalue weighted by atomic mass is 9.97. The van der Waals surface area contributed by atoms with Crippen molar-refractivity contribution in [1.29, 1.82) is 0 Å². The van der Waals surface area contributed by atoms with E-state index in [1.54, 1.807) is 0 Å². The molecule has 0 N–H and O–H groups in total. The number of aryl methyl sites for hydroxylation is 1. The summed E-state index contributed by atoms with van der Waals surface area (Å²) in [6.07, 6.45) is -11.3. The lowest BCUT2D eigenvalue weighted by Gasteiger charge is -2.33. The third kappa shape index (κ3) is 5.64. The molecule has 0 bridgehead atoms. The zero-order valence-electron chi connectivity index (χ0n) is 22.4. The number of halogens is 6. The molecule has 3 aromatic rings. The van der Waals surface area contributed by atoms with Crippen molar-refractivity contribution in [2.24, 2.45) is 0 Å².